The summed E-state index contributed by atoms with van der Waals surface area (Å²) in [6.45, 7) is 8.15. The highest BCUT2D eigenvalue weighted by Gasteiger charge is 2.11. The summed E-state index contributed by atoms with van der Waals surface area (Å²) in [5.41, 5.74) is 6.61. The summed E-state index contributed by atoms with van der Waals surface area (Å²) < 4.78 is 11.4. The van der Waals surface area contributed by atoms with Gasteiger partial charge in [-0.25, -0.2) is 0 Å². The second-order valence-corrected chi connectivity index (χ2v) is 4.55. The van der Waals surface area contributed by atoms with Gasteiger partial charge in [0.2, 0.25) is 0 Å². The van der Waals surface area contributed by atoms with E-state index in [9.17, 15) is 0 Å². The Labute approximate surface area is 104 Å². The van der Waals surface area contributed by atoms with Crippen molar-refractivity contribution >= 4 is 5.69 Å². The maximum absolute atomic E-state index is 6.03. The van der Waals surface area contributed by atoms with Crippen molar-refractivity contribution in [1.82, 2.24) is 0 Å². The Hall–Kier alpha value is -1.38. The molecule has 0 aliphatic carbocycles. The van der Waals surface area contributed by atoms with Gasteiger partial charge in [-0.1, -0.05) is 19.4 Å². The van der Waals surface area contributed by atoms with E-state index < -0.39 is 0 Å². The number of rotatable bonds is 6. The van der Waals surface area contributed by atoms with Crippen molar-refractivity contribution in [2.45, 2.75) is 52.7 Å². The Morgan fingerprint density at radius 1 is 1.12 bits per heavy atom. The summed E-state index contributed by atoms with van der Waals surface area (Å²) in [7, 11) is 0. The first kappa shape index (κ1) is 13.7. The van der Waals surface area contributed by atoms with E-state index in [2.05, 4.69) is 13.8 Å². The average Bonchev–Trinajstić information content (AvgIpc) is 2.23. The van der Waals surface area contributed by atoms with Gasteiger partial charge in [0.05, 0.1) is 12.2 Å². The van der Waals surface area contributed by atoms with E-state index in [-0.39, 0.29) is 12.2 Å². The van der Waals surface area contributed by atoms with Crippen LogP contribution in [-0.2, 0) is 0 Å². The van der Waals surface area contributed by atoms with E-state index in [1.54, 1.807) is 0 Å². The molecule has 0 aliphatic heterocycles. The van der Waals surface area contributed by atoms with Crippen LogP contribution < -0.4 is 15.2 Å². The fraction of sp³-hybridized carbons (Fsp3) is 0.571. The highest BCUT2D eigenvalue weighted by atomic mass is 16.5. The standard InChI is InChI=1S/C14H23NO2/c1-5-7-11(4)17-13-9-6-8-12(14(13)15)16-10(2)3/h6,8-11H,5,7,15H2,1-4H3. The summed E-state index contributed by atoms with van der Waals surface area (Å²) in [5, 5.41) is 0. The zero-order chi connectivity index (χ0) is 12.8. The molecule has 1 atom stereocenters. The molecule has 0 bridgehead atoms. The highest BCUT2D eigenvalue weighted by Crippen LogP contribution is 2.32. The van der Waals surface area contributed by atoms with Crippen molar-refractivity contribution < 1.29 is 9.47 Å². The minimum atomic E-state index is 0.112. The Balaban J connectivity index is 2.79. The first-order valence-corrected chi connectivity index (χ1v) is 6.26. The van der Waals surface area contributed by atoms with E-state index in [1.165, 1.54) is 0 Å². The number of nitrogens with two attached hydrogens (primary N) is 1. The Morgan fingerprint density at radius 2 is 1.71 bits per heavy atom. The van der Waals surface area contributed by atoms with Gasteiger partial charge >= 0.3 is 0 Å². The average molecular weight is 237 g/mol. The van der Waals surface area contributed by atoms with Gasteiger partial charge in [0.1, 0.15) is 17.2 Å². The topological polar surface area (TPSA) is 44.5 Å². The highest BCUT2D eigenvalue weighted by molar-refractivity contribution is 5.62. The Bertz CT molecular complexity index is 350. The molecule has 0 heterocycles. The SMILES string of the molecule is CCCC(C)Oc1cccc(OC(C)C)c1N. The lowest BCUT2D eigenvalue weighted by Gasteiger charge is -2.18. The molecule has 1 rings (SSSR count). The maximum Gasteiger partial charge on any atom is 0.146 e. The third-order valence-corrected chi connectivity index (χ3v) is 2.41. The second-order valence-electron chi connectivity index (χ2n) is 4.55. The monoisotopic (exact) mass is 237 g/mol. The number of para-hydroxylation sites is 1. The molecule has 0 aliphatic rings. The molecule has 0 radical (unpaired) electrons. The van der Waals surface area contributed by atoms with Crippen molar-refractivity contribution in [3.05, 3.63) is 18.2 Å². The first-order chi connectivity index (χ1) is 8.04. The van der Waals surface area contributed by atoms with Crippen LogP contribution in [-0.4, -0.2) is 12.2 Å². The van der Waals surface area contributed by atoms with Crippen LogP contribution in [0.5, 0.6) is 11.5 Å². The molecule has 0 fully saturated rings. The lowest BCUT2D eigenvalue weighted by molar-refractivity contribution is 0.208. The van der Waals surface area contributed by atoms with Gasteiger partial charge < -0.3 is 15.2 Å². The first-order valence-electron chi connectivity index (χ1n) is 6.26. The lowest BCUT2D eigenvalue weighted by atomic mass is 10.2. The third kappa shape index (κ3) is 4.17. The molecular weight excluding hydrogens is 214 g/mol. The van der Waals surface area contributed by atoms with Crippen molar-refractivity contribution in [2.24, 2.45) is 0 Å². The molecule has 3 nitrogen and oxygen atoms in total. The van der Waals surface area contributed by atoms with Gasteiger partial charge in [0, 0.05) is 0 Å². The Kier molecular flexibility index (Phi) is 5.13. The van der Waals surface area contributed by atoms with E-state index >= 15 is 0 Å². The number of hydrogen-bond donors (Lipinski definition) is 1. The summed E-state index contributed by atoms with van der Waals surface area (Å²) in [5.74, 6) is 1.41. The number of hydrogen-bond acceptors (Lipinski definition) is 3. The van der Waals surface area contributed by atoms with Crippen LogP contribution in [0.4, 0.5) is 5.69 Å². The van der Waals surface area contributed by atoms with Crippen molar-refractivity contribution in [3.63, 3.8) is 0 Å². The van der Waals surface area contributed by atoms with E-state index in [0.717, 1.165) is 12.8 Å². The second kappa shape index (κ2) is 6.38. The molecule has 17 heavy (non-hydrogen) atoms. The fourth-order valence-electron chi connectivity index (χ4n) is 1.67. The molecular formula is C14H23NO2. The zero-order valence-electron chi connectivity index (χ0n) is 11.2. The summed E-state index contributed by atoms with van der Waals surface area (Å²) in [6.07, 6.45) is 2.41. The minimum Gasteiger partial charge on any atom is -0.489 e. The molecule has 1 aromatic carbocycles. The molecule has 0 aromatic heterocycles. The summed E-state index contributed by atoms with van der Waals surface area (Å²) >= 11 is 0. The minimum absolute atomic E-state index is 0.112. The van der Waals surface area contributed by atoms with Gasteiger partial charge in [0.15, 0.2) is 0 Å². The quantitative estimate of drug-likeness (QED) is 0.768. The lowest BCUT2D eigenvalue weighted by Crippen LogP contribution is -2.13. The molecule has 0 saturated carbocycles. The van der Waals surface area contributed by atoms with E-state index in [4.69, 9.17) is 15.2 Å². The molecule has 0 saturated heterocycles. The molecule has 0 amide bonds. The van der Waals surface area contributed by atoms with Gasteiger partial charge in [-0.2, -0.15) is 0 Å². The fourth-order valence-corrected chi connectivity index (χ4v) is 1.67. The van der Waals surface area contributed by atoms with Crippen LogP contribution in [0.3, 0.4) is 0 Å². The summed E-state index contributed by atoms with van der Waals surface area (Å²) in [4.78, 5) is 0. The number of nitrogen functional groups attached to an aromatic ring is 1. The van der Waals surface area contributed by atoms with Gasteiger partial charge in [0.25, 0.3) is 0 Å². The third-order valence-electron chi connectivity index (χ3n) is 2.41. The normalized spacial score (nSPS) is 12.5. The number of anilines is 1. The molecule has 0 spiro atoms. The summed E-state index contributed by atoms with van der Waals surface area (Å²) in [6, 6.07) is 5.66. The molecule has 1 unspecified atom stereocenters. The maximum atomic E-state index is 6.03. The number of ether oxygens (including phenoxy) is 2. The molecule has 3 heteroatoms. The smallest absolute Gasteiger partial charge is 0.146 e. The van der Waals surface area contributed by atoms with Crippen molar-refractivity contribution in [1.29, 1.82) is 0 Å². The number of benzene rings is 1. The van der Waals surface area contributed by atoms with Crippen LogP contribution >= 0.6 is 0 Å². The van der Waals surface area contributed by atoms with Gasteiger partial charge in [-0.3, -0.25) is 0 Å². The predicted molar refractivity (Wildman–Crippen MR) is 71.6 cm³/mol. The molecule has 96 valence electrons. The van der Waals surface area contributed by atoms with Crippen LogP contribution in [0.1, 0.15) is 40.5 Å². The van der Waals surface area contributed by atoms with Crippen LogP contribution in [0.2, 0.25) is 0 Å². The van der Waals surface area contributed by atoms with Crippen LogP contribution in [0.15, 0.2) is 18.2 Å². The largest absolute Gasteiger partial charge is 0.489 e. The Morgan fingerprint density at radius 3 is 2.24 bits per heavy atom. The molecule has 2 N–H and O–H groups in total. The van der Waals surface area contributed by atoms with E-state index in [1.807, 2.05) is 32.0 Å². The van der Waals surface area contributed by atoms with Crippen LogP contribution in [0.25, 0.3) is 0 Å². The zero-order valence-corrected chi connectivity index (χ0v) is 11.2. The van der Waals surface area contributed by atoms with Crippen LogP contribution in [0, 0.1) is 0 Å². The van der Waals surface area contributed by atoms with Gasteiger partial charge in [-0.15, -0.1) is 0 Å². The van der Waals surface area contributed by atoms with Gasteiger partial charge in [-0.05, 0) is 39.3 Å². The molecule has 1 aromatic rings. The van der Waals surface area contributed by atoms with Crippen molar-refractivity contribution in [3.8, 4) is 11.5 Å². The predicted octanol–water partition coefficient (Wildman–Crippen LogP) is 3.62. The van der Waals surface area contributed by atoms with Crippen molar-refractivity contribution in [2.75, 3.05) is 5.73 Å². The van der Waals surface area contributed by atoms with E-state index in [0.29, 0.717) is 17.2 Å².